The van der Waals surface area contributed by atoms with E-state index < -0.39 is 0 Å². The highest BCUT2D eigenvalue weighted by Crippen LogP contribution is 2.28. The summed E-state index contributed by atoms with van der Waals surface area (Å²) in [5.41, 5.74) is 1.82. The Morgan fingerprint density at radius 2 is 2.21 bits per heavy atom. The number of methoxy groups -OCH3 is 1. The van der Waals surface area contributed by atoms with Crippen LogP contribution in [0.1, 0.15) is 24.8 Å². The standard InChI is InChI=1S/C15H21FN2O/c1-19-12-7-8-18(10-12)15-4-2-3-14(16)13(15)9-17-11-5-6-11/h2-4,11-12,17H,5-10H2,1H3. The predicted molar refractivity (Wildman–Crippen MR) is 73.9 cm³/mol. The van der Waals surface area contributed by atoms with Gasteiger partial charge in [0, 0.05) is 44.0 Å². The van der Waals surface area contributed by atoms with Gasteiger partial charge in [0.2, 0.25) is 0 Å². The first kappa shape index (κ1) is 12.9. The van der Waals surface area contributed by atoms with Crippen molar-refractivity contribution in [1.82, 2.24) is 5.32 Å². The molecule has 1 aliphatic carbocycles. The largest absolute Gasteiger partial charge is 0.380 e. The lowest BCUT2D eigenvalue weighted by Crippen LogP contribution is -2.25. The zero-order chi connectivity index (χ0) is 13.2. The third kappa shape index (κ3) is 2.90. The maximum Gasteiger partial charge on any atom is 0.129 e. The van der Waals surface area contributed by atoms with E-state index >= 15 is 0 Å². The Kier molecular flexibility index (Phi) is 3.71. The molecule has 3 rings (SSSR count). The van der Waals surface area contributed by atoms with Crippen molar-refractivity contribution in [1.29, 1.82) is 0 Å². The molecule has 1 aromatic rings. The number of nitrogens with one attached hydrogen (secondary N) is 1. The highest BCUT2D eigenvalue weighted by molar-refractivity contribution is 5.55. The van der Waals surface area contributed by atoms with Crippen LogP contribution >= 0.6 is 0 Å². The van der Waals surface area contributed by atoms with Gasteiger partial charge < -0.3 is 15.0 Å². The Balaban J connectivity index is 1.77. The number of nitrogens with zero attached hydrogens (tertiary/aromatic N) is 1. The van der Waals surface area contributed by atoms with Crippen molar-refractivity contribution in [2.24, 2.45) is 0 Å². The van der Waals surface area contributed by atoms with Crippen LogP contribution in [0.3, 0.4) is 0 Å². The van der Waals surface area contributed by atoms with Crippen LogP contribution in [0.15, 0.2) is 18.2 Å². The van der Waals surface area contributed by atoms with Crippen molar-refractivity contribution in [3.8, 4) is 0 Å². The van der Waals surface area contributed by atoms with Crippen molar-refractivity contribution >= 4 is 5.69 Å². The highest BCUT2D eigenvalue weighted by Gasteiger charge is 2.26. The van der Waals surface area contributed by atoms with E-state index in [9.17, 15) is 4.39 Å². The highest BCUT2D eigenvalue weighted by atomic mass is 19.1. The van der Waals surface area contributed by atoms with Crippen molar-refractivity contribution < 1.29 is 9.13 Å². The summed E-state index contributed by atoms with van der Waals surface area (Å²) in [5.74, 6) is -0.105. The van der Waals surface area contributed by atoms with Crippen molar-refractivity contribution in [2.45, 2.75) is 38.0 Å². The Morgan fingerprint density at radius 1 is 1.37 bits per heavy atom. The number of rotatable bonds is 5. The fourth-order valence-electron chi connectivity index (χ4n) is 2.69. The molecule has 0 bridgehead atoms. The third-order valence-electron chi connectivity index (χ3n) is 4.06. The first-order valence-corrected chi connectivity index (χ1v) is 7.06. The summed E-state index contributed by atoms with van der Waals surface area (Å²) >= 11 is 0. The van der Waals surface area contributed by atoms with E-state index in [2.05, 4.69) is 10.2 Å². The van der Waals surface area contributed by atoms with E-state index in [0.29, 0.717) is 12.6 Å². The molecule has 1 aromatic carbocycles. The van der Waals surface area contributed by atoms with Gasteiger partial charge >= 0.3 is 0 Å². The first-order chi connectivity index (χ1) is 9.28. The number of halogens is 1. The van der Waals surface area contributed by atoms with Gasteiger partial charge in [0.15, 0.2) is 0 Å². The van der Waals surface area contributed by atoms with Gasteiger partial charge in [0.05, 0.1) is 6.10 Å². The van der Waals surface area contributed by atoms with Crippen LogP contribution in [-0.4, -0.2) is 32.3 Å². The minimum absolute atomic E-state index is 0.105. The molecule has 1 N–H and O–H groups in total. The predicted octanol–water partition coefficient (Wildman–Crippen LogP) is 2.30. The molecule has 0 radical (unpaired) electrons. The fourth-order valence-corrected chi connectivity index (χ4v) is 2.69. The lowest BCUT2D eigenvalue weighted by atomic mass is 10.1. The van der Waals surface area contributed by atoms with Crippen molar-refractivity contribution in [3.05, 3.63) is 29.6 Å². The quantitative estimate of drug-likeness (QED) is 0.883. The molecule has 0 amide bonds. The molecule has 1 atom stereocenters. The van der Waals surface area contributed by atoms with Crippen LogP contribution in [0.5, 0.6) is 0 Å². The van der Waals surface area contributed by atoms with Crippen molar-refractivity contribution in [3.63, 3.8) is 0 Å². The number of hydrogen-bond donors (Lipinski definition) is 1. The second kappa shape index (κ2) is 5.47. The monoisotopic (exact) mass is 264 g/mol. The number of hydrogen-bond acceptors (Lipinski definition) is 3. The fraction of sp³-hybridized carbons (Fsp3) is 0.600. The van der Waals surface area contributed by atoms with Gasteiger partial charge in [-0.05, 0) is 31.4 Å². The van der Waals surface area contributed by atoms with E-state index in [0.717, 1.165) is 30.8 Å². The van der Waals surface area contributed by atoms with Gasteiger partial charge in [-0.1, -0.05) is 6.07 Å². The smallest absolute Gasteiger partial charge is 0.129 e. The molecule has 1 saturated heterocycles. The van der Waals surface area contributed by atoms with Crippen LogP contribution in [0.4, 0.5) is 10.1 Å². The molecular weight excluding hydrogens is 243 g/mol. The molecular formula is C15H21FN2O. The summed E-state index contributed by atoms with van der Waals surface area (Å²) < 4.78 is 19.4. The van der Waals surface area contributed by atoms with Gasteiger partial charge in [-0.25, -0.2) is 4.39 Å². The minimum atomic E-state index is -0.105. The van der Waals surface area contributed by atoms with E-state index in [1.54, 1.807) is 19.2 Å². The van der Waals surface area contributed by atoms with E-state index in [1.807, 2.05) is 6.07 Å². The van der Waals surface area contributed by atoms with Crippen LogP contribution in [0.25, 0.3) is 0 Å². The molecule has 1 aliphatic heterocycles. The Bertz CT molecular complexity index is 448. The van der Waals surface area contributed by atoms with Gasteiger partial charge in [0.1, 0.15) is 5.82 Å². The molecule has 3 nitrogen and oxygen atoms in total. The molecule has 1 saturated carbocycles. The van der Waals surface area contributed by atoms with Gasteiger partial charge in [-0.2, -0.15) is 0 Å². The second-order valence-corrected chi connectivity index (χ2v) is 5.49. The zero-order valence-electron chi connectivity index (χ0n) is 11.4. The molecule has 19 heavy (non-hydrogen) atoms. The van der Waals surface area contributed by atoms with Crippen molar-refractivity contribution in [2.75, 3.05) is 25.1 Å². The van der Waals surface area contributed by atoms with Gasteiger partial charge in [-0.3, -0.25) is 0 Å². The lowest BCUT2D eigenvalue weighted by Gasteiger charge is -2.22. The topological polar surface area (TPSA) is 24.5 Å². The van der Waals surface area contributed by atoms with E-state index in [4.69, 9.17) is 4.74 Å². The summed E-state index contributed by atoms with van der Waals surface area (Å²) in [6.45, 7) is 2.43. The molecule has 104 valence electrons. The molecule has 0 aromatic heterocycles. The molecule has 2 aliphatic rings. The average molecular weight is 264 g/mol. The normalized spacial score (nSPS) is 23.1. The summed E-state index contributed by atoms with van der Waals surface area (Å²) in [4.78, 5) is 2.24. The summed E-state index contributed by atoms with van der Waals surface area (Å²) in [7, 11) is 1.75. The van der Waals surface area contributed by atoms with Crippen LogP contribution in [0, 0.1) is 5.82 Å². The molecule has 1 heterocycles. The van der Waals surface area contributed by atoms with Crippen LogP contribution < -0.4 is 10.2 Å². The SMILES string of the molecule is COC1CCN(c2cccc(F)c2CNC2CC2)C1. The summed E-state index contributed by atoms with van der Waals surface area (Å²) in [5, 5.41) is 3.40. The maximum absolute atomic E-state index is 14.1. The Hall–Kier alpha value is -1.13. The molecule has 2 fully saturated rings. The Morgan fingerprint density at radius 3 is 2.89 bits per heavy atom. The zero-order valence-corrected chi connectivity index (χ0v) is 11.4. The number of ether oxygens (including phenoxy) is 1. The average Bonchev–Trinajstić information content (AvgIpc) is 3.12. The molecule has 1 unspecified atom stereocenters. The third-order valence-corrected chi connectivity index (χ3v) is 4.06. The first-order valence-electron chi connectivity index (χ1n) is 7.06. The van der Waals surface area contributed by atoms with Gasteiger partial charge in [0.25, 0.3) is 0 Å². The lowest BCUT2D eigenvalue weighted by molar-refractivity contribution is 0.121. The second-order valence-electron chi connectivity index (χ2n) is 5.49. The van der Waals surface area contributed by atoms with E-state index in [1.165, 1.54) is 12.8 Å². The summed E-state index contributed by atoms with van der Waals surface area (Å²) in [6, 6.07) is 5.96. The maximum atomic E-state index is 14.1. The Labute approximate surface area is 113 Å². The van der Waals surface area contributed by atoms with E-state index in [-0.39, 0.29) is 11.9 Å². The number of anilines is 1. The number of benzene rings is 1. The minimum Gasteiger partial charge on any atom is -0.380 e. The summed E-state index contributed by atoms with van der Waals surface area (Å²) in [6.07, 6.45) is 3.73. The van der Waals surface area contributed by atoms with Gasteiger partial charge in [-0.15, -0.1) is 0 Å². The molecule has 0 spiro atoms. The molecule has 4 heteroatoms. The van der Waals surface area contributed by atoms with Crippen LogP contribution in [-0.2, 0) is 11.3 Å². The van der Waals surface area contributed by atoms with Crippen LogP contribution in [0.2, 0.25) is 0 Å².